The number of aromatic nitrogens is 3. The molecular weight excluding hydrogens is 458 g/mol. The van der Waals surface area contributed by atoms with Gasteiger partial charge in [0.25, 0.3) is 5.91 Å². The molecule has 2 heterocycles. The maximum Gasteiger partial charge on any atom is 0.255 e. The fourth-order valence-corrected chi connectivity index (χ4v) is 3.96. The van der Waals surface area contributed by atoms with E-state index in [9.17, 15) is 4.79 Å². The lowest BCUT2D eigenvalue weighted by Crippen LogP contribution is -2.31. The molecule has 0 spiro atoms. The Morgan fingerprint density at radius 1 is 1.28 bits per heavy atom. The lowest BCUT2D eigenvalue weighted by atomic mass is 9.95. The van der Waals surface area contributed by atoms with Crippen LogP contribution in [-0.4, -0.2) is 27.8 Å². The first kappa shape index (κ1) is 19.5. The molecule has 2 aromatic carbocycles. The highest BCUT2D eigenvalue weighted by atomic mass is 79.9. The number of anilines is 2. The maximum absolute atomic E-state index is 13.2. The minimum absolute atomic E-state index is 0.240. The SMILES string of the molecule is COc1ccc(C2C(C(=O)Nc3ccc(Cl)cc3)=C(C)Nc3ncnn32)cc1Br. The van der Waals surface area contributed by atoms with Crippen molar-refractivity contribution in [1.29, 1.82) is 0 Å². The first-order chi connectivity index (χ1) is 14.0. The van der Waals surface area contributed by atoms with Gasteiger partial charge in [-0.05, 0) is 64.8 Å². The van der Waals surface area contributed by atoms with Crippen molar-refractivity contribution in [2.45, 2.75) is 13.0 Å². The summed E-state index contributed by atoms with van der Waals surface area (Å²) in [5.41, 5.74) is 2.76. The largest absolute Gasteiger partial charge is 0.496 e. The summed E-state index contributed by atoms with van der Waals surface area (Å²) in [5.74, 6) is 1.03. The van der Waals surface area contributed by atoms with Gasteiger partial charge in [0.15, 0.2) is 0 Å². The van der Waals surface area contributed by atoms with E-state index >= 15 is 0 Å². The number of hydrogen-bond donors (Lipinski definition) is 2. The summed E-state index contributed by atoms with van der Waals surface area (Å²) in [5, 5.41) is 11.0. The van der Waals surface area contributed by atoms with E-state index < -0.39 is 6.04 Å². The molecule has 0 radical (unpaired) electrons. The van der Waals surface area contributed by atoms with Crippen molar-refractivity contribution < 1.29 is 9.53 Å². The smallest absolute Gasteiger partial charge is 0.255 e. The second-order valence-electron chi connectivity index (χ2n) is 6.45. The van der Waals surface area contributed by atoms with Crippen LogP contribution in [-0.2, 0) is 4.79 Å². The van der Waals surface area contributed by atoms with Crippen LogP contribution in [0, 0.1) is 0 Å². The van der Waals surface area contributed by atoms with E-state index in [2.05, 4.69) is 36.6 Å². The summed E-state index contributed by atoms with van der Waals surface area (Å²) < 4.78 is 7.81. The quantitative estimate of drug-likeness (QED) is 0.576. The molecule has 1 atom stereocenters. The summed E-state index contributed by atoms with van der Waals surface area (Å²) in [4.78, 5) is 17.5. The van der Waals surface area contributed by atoms with Gasteiger partial charge in [-0.3, -0.25) is 4.79 Å². The molecule has 0 bridgehead atoms. The van der Waals surface area contributed by atoms with Gasteiger partial charge in [-0.25, -0.2) is 4.68 Å². The fourth-order valence-electron chi connectivity index (χ4n) is 3.28. The zero-order valence-electron chi connectivity index (χ0n) is 15.6. The van der Waals surface area contributed by atoms with Gasteiger partial charge in [-0.2, -0.15) is 10.1 Å². The summed E-state index contributed by atoms with van der Waals surface area (Å²) in [6.07, 6.45) is 1.46. The molecule has 1 amide bonds. The lowest BCUT2D eigenvalue weighted by molar-refractivity contribution is -0.113. The number of allylic oxidation sites excluding steroid dienone is 1. The third kappa shape index (κ3) is 3.73. The molecule has 29 heavy (non-hydrogen) atoms. The lowest BCUT2D eigenvalue weighted by Gasteiger charge is -2.29. The van der Waals surface area contributed by atoms with Crippen LogP contribution in [0.1, 0.15) is 18.5 Å². The van der Waals surface area contributed by atoms with Crippen molar-refractivity contribution in [1.82, 2.24) is 14.8 Å². The van der Waals surface area contributed by atoms with Gasteiger partial charge in [0.05, 0.1) is 17.2 Å². The molecule has 0 saturated carbocycles. The molecule has 0 aliphatic carbocycles. The van der Waals surface area contributed by atoms with Crippen molar-refractivity contribution in [2.24, 2.45) is 0 Å². The Balaban J connectivity index is 1.76. The van der Waals surface area contributed by atoms with E-state index in [-0.39, 0.29) is 5.91 Å². The molecule has 3 aromatic rings. The van der Waals surface area contributed by atoms with Gasteiger partial charge in [0.2, 0.25) is 5.95 Å². The van der Waals surface area contributed by atoms with E-state index in [0.717, 1.165) is 10.0 Å². The number of carbonyl (C=O) groups excluding carboxylic acids is 1. The van der Waals surface area contributed by atoms with Gasteiger partial charge >= 0.3 is 0 Å². The van der Waals surface area contributed by atoms with Gasteiger partial charge in [0.1, 0.15) is 18.1 Å². The Morgan fingerprint density at radius 2 is 2.03 bits per heavy atom. The first-order valence-corrected chi connectivity index (χ1v) is 9.92. The molecule has 1 aliphatic heterocycles. The molecule has 148 valence electrons. The van der Waals surface area contributed by atoms with Crippen LogP contribution >= 0.6 is 27.5 Å². The summed E-state index contributed by atoms with van der Waals surface area (Å²) in [6, 6.07) is 12.2. The number of nitrogens with one attached hydrogen (secondary N) is 2. The van der Waals surface area contributed by atoms with Crippen LogP contribution in [0.5, 0.6) is 5.75 Å². The second kappa shape index (κ2) is 7.88. The minimum Gasteiger partial charge on any atom is -0.496 e. The third-order valence-corrected chi connectivity index (χ3v) is 5.50. The van der Waals surface area contributed by atoms with E-state index in [1.807, 2.05) is 25.1 Å². The van der Waals surface area contributed by atoms with Crippen LogP contribution in [0.3, 0.4) is 0 Å². The van der Waals surface area contributed by atoms with Crippen molar-refractivity contribution in [2.75, 3.05) is 17.7 Å². The number of benzene rings is 2. The number of fused-ring (bicyclic) bond motifs is 1. The van der Waals surface area contributed by atoms with Crippen molar-refractivity contribution >= 4 is 45.1 Å². The number of amides is 1. The van der Waals surface area contributed by atoms with Crippen LogP contribution < -0.4 is 15.4 Å². The maximum atomic E-state index is 13.2. The number of halogens is 2. The molecule has 4 rings (SSSR count). The van der Waals surface area contributed by atoms with Crippen molar-refractivity contribution in [3.63, 3.8) is 0 Å². The Kier molecular flexibility index (Phi) is 5.29. The molecule has 2 N–H and O–H groups in total. The molecule has 1 unspecified atom stereocenters. The van der Waals surface area contributed by atoms with E-state index in [4.69, 9.17) is 16.3 Å². The Hall–Kier alpha value is -2.84. The topological polar surface area (TPSA) is 81.1 Å². The van der Waals surface area contributed by atoms with Crippen LogP contribution in [0.2, 0.25) is 5.02 Å². The van der Waals surface area contributed by atoms with Crippen molar-refractivity contribution in [3.05, 3.63) is 75.1 Å². The van der Waals surface area contributed by atoms with Gasteiger partial charge < -0.3 is 15.4 Å². The fraction of sp³-hybridized carbons (Fsp3) is 0.150. The predicted octanol–water partition coefficient (Wildman–Crippen LogP) is 4.63. The molecule has 1 aromatic heterocycles. The highest BCUT2D eigenvalue weighted by molar-refractivity contribution is 9.10. The zero-order chi connectivity index (χ0) is 20.5. The Morgan fingerprint density at radius 3 is 2.72 bits per heavy atom. The molecular formula is C20H17BrClN5O2. The minimum atomic E-state index is -0.455. The average Bonchev–Trinajstić information content (AvgIpc) is 3.16. The molecule has 1 aliphatic rings. The van der Waals surface area contributed by atoms with Gasteiger partial charge in [-0.1, -0.05) is 17.7 Å². The number of carbonyl (C=O) groups is 1. The highest BCUT2D eigenvalue weighted by Crippen LogP contribution is 2.38. The standard InChI is InChI=1S/C20H17BrClN5O2/c1-11-17(19(28)26-14-6-4-13(22)5-7-14)18(27-20(25-11)23-10-24-27)12-3-8-16(29-2)15(21)9-12/h3-10,18H,1-2H3,(H,26,28)(H,23,24,25). The average molecular weight is 475 g/mol. The zero-order valence-corrected chi connectivity index (χ0v) is 18.0. The normalized spacial score (nSPS) is 15.5. The number of nitrogens with zero attached hydrogens (tertiary/aromatic N) is 3. The number of methoxy groups -OCH3 is 1. The Labute approximate surface area is 180 Å². The predicted molar refractivity (Wildman–Crippen MR) is 115 cm³/mol. The molecule has 7 nitrogen and oxygen atoms in total. The molecule has 9 heteroatoms. The highest BCUT2D eigenvalue weighted by Gasteiger charge is 2.33. The Bertz CT molecular complexity index is 1110. The number of ether oxygens (including phenoxy) is 1. The first-order valence-electron chi connectivity index (χ1n) is 8.75. The summed E-state index contributed by atoms with van der Waals surface area (Å²) in [7, 11) is 1.61. The molecule has 0 saturated heterocycles. The monoisotopic (exact) mass is 473 g/mol. The van der Waals surface area contributed by atoms with Crippen LogP contribution in [0.15, 0.2) is 64.5 Å². The van der Waals surface area contributed by atoms with Crippen LogP contribution in [0.4, 0.5) is 11.6 Å². The van der Waals surface area contributed by atoms with Crippen LogP contribution in [0.25, 0.3) is 0 Å². The summed E-state index contributed by atoms with van der Waals surface area (Å²) in [6.45, 7) is 1.85. The van der Waals surface area contributed by atoms with E-state index in [1.165, 1.54) is 6.33 Å². The van der Waals surface area contributed by atoms with Gasteiger partial charge in [0, 0.05) is 16.4 Å². The van der Waals surface area contributed by atoms with Gasteiger partial charge in [-0.15, -0.1) is 0 Å². The van der Waals surface area contributed by atoms with E-state index in [1.54, 1.807) is 36.1 Å². The third-order valence-electron chi connectivity index (χ3n) is 4.63. The summed E-state index contributed by atoms with van der Waals surface area (Å²) >= 11 is 9.46. The number of hydrogen-bond acceptors (Lipinski definition) is 5. The van der Waals surface area contributed by atoms with Crippen molar-refractivity contribution in [3.8, 4) is 5.75 Å². The van der Waals surface area contributed by atoms with E-state index in [0.29, 0.717) is 33.7 Å². The molecule has 0 fully saturated rings. The second-order valence-corrected chi connectivity index (χ2v) is 7.74. The number of rotatable bonds is 4.